The number of carboxylic acid groups (broad SMARTS) is 1. The molecule has 21 heavy (non-hydrogen) atoms. The first kappa shape index (κ1) is 15.9. The monoisotopic (exact) mass is 367 g/mol. The lowest BCUT2D eigenvalue weighted by atomic mass is 9.87. The third kappa shape index (κ3) is 3.39. The lowest BCUT2D eigenvalue weighted by Crippen LogP contribution is -2.43. The Morgan fingerprint density at radius 1 is 1.19 bits per heavy atom. The van der Waals surface area contributed by atoms with Gasteiger partial charge in [-0.3, -0.25) is 0 Å². The van der Waals surface area contributed by atoms with Gasteiger partial charge < -0.3 is 10.4 Å². The van der Waals surface area contributed by atoms with E-state index in [-0.39, 0.29) is 0 Å². The lowest BCUT2D eigenvalue weighted by Gasteiger charge is -2.31. The van der Waals surface area contributed by atoms with E-state index in [1.807, 2.05) is 31.2 Å². The Morgan fingerprint density at radius 3 is 2.24 bits per heavy atom. The number of hydrogen-bond acceptors (Lipinski definition) is 2. The summed E-state index contributed by atoms with van der Waals surface area (Å²) < 4.78 is 0.910. The molecule has 0 aromatic heterocycles. The summed E-state index contributed by atoms with van der Waals surface area (Å²) in [5.41, 5.74) is 0.247. The molecule has 1 unspecified atom stereocenters. The fourth-order valence-corrected chi connectivity index (χ4v) is 2.60. The van der Waals surface area contributed by atoms with Gasteiger partial charge in [-0.15, -0.1) is 0 Å². The van der Waals surface area contributed by atoms with E-state index in [4.69, 9.17) is 11.6 Å². The molecule has 0 radical (unpaired) electrons. The normalized spacial score (nSPS) is 13.5. The van der Waals surface area contributed by atoms with Crippen LogP contribution in [0, 0.1) is 0 Å². The number of halogens is 2. The molecule has 0 aliphatic carbocycles. The van der Waals surface area contributed by atoms with Gasteiger partial charge in [-0.05, 0) is 48.4 Å². The SMILES string of the molecule is CCC(Nc1ccc(Cl)cc1)(C(=O)O)c1ccc(Br)cc1. The maximum atomic E-state index is 11.9. The van der Waals surface area contributed by atoms with E-state index in [9.17, 15) is 9.90 Å². The predicted octanol–water partition coefficient (Wildman–Crippen LogP) is 4.90. The Kier molecular flexibility index (Phi) is 4.91. The number of rotatable bonds is 5. The first-order chi connectivity index (χ1) is 9.98. The molecule has 0 aliphatic rings. The Balaban J connectivity index is 2.44. The van der Waals surface area contributed by atoms with E-state index >= 15 is 0 Å². The van der Waals surface area contributed by atoms with Crippen molar-refractivity contribution in [3.63, 3.8) is 0 Å². The minimum atomic E-state index is -1.17. The van der Waals surface area contributed by atoms with Gasteiger partial charge in [0, 0.05) is 15.2 Å². The van der Waals surface area contributed by atoms with Gasteiger partial charge in [0.05, 0.1) is 0 Å². The van der Waals surface area contributed by atoms with Gasteiger partial charge in [-0.25, -0.2) is 4.79 Å². The van der Waals surface area contributed by atoms with E-state index in [0.717, 1.165) is 4.47 Å². The van der Waals surface area contributed by atoms with Gasteiger partial charge in [0.25, 0.3) is 0 Å². The van der Waals surface area contributed by atoms with Crippen LogP contribution in [-0.2, 0) is 10.3 Å². The number of carbonyl (C=O) groups is 1. The average Bonchev–Trinajstić information content (AvgIpc) is 2.47. The molecular weight excluding hydrogens is 354 g/mol. The second kappa shape index (κ2) is 6.50. The minimum absolute atomic E-state index is 0.409. The zero-order valence-electron chi connectivity index (χ0n) is 11.4. The topological polar surface area (TPSA) is 49.3 Å². The summed E-state index contributed by atoms with van der Waals surface area (Å²) in [4.78, 5) is 11.9. The van der Waals surface area contributed by atoms with Crippen LogP contribution in [0.3, 0.4) is 0 Å². The Labute approximate surface area is 137 Å². The quantitative estimate of drug-likeness (QED) is 0.789. The maximum Gasteiger partial charge on any atom is 0.334 e. The number of carboxylic acids is 1. The lowest BCUT2D eigenvalue weighted by molar-refractivity contribution is -0.142. The molecule has 5 heteroatoms. The summed E-state index contributed by atoms with van der Waals surface area (Å²) in [6.45, 7) is 1.85. The molecule has 0 amide bonds. The van der Waals surface area contributed by atoms with Crippen molar-refractivity contribution in [1.82, 2.24) is 0 Å². The smallest absolute Gasteiger partial charge is 0.334 e. The highest BCUT2D eigenvalue weighted by molar-refractivity contribution is 9.10. The third-order valence-corrected chi connectivity index (χ3v) is 4.22. The summed E-state index contributed by atoms with van der Waals surface area (Å²) in [6.07, 6.45) is 0.409. The van der Waals surface area contributed by atoms with Crippen LogP contribution in [-0.4, -0.2) is 11.1 Å². The van der Waals surface area contributed by atoms with E-state index in [2.05, 4.69) is 21.2 Å². The molecule has 0 aliphatic heterocycles. The summed E-state index contributed by atoms with van der Waals surface area (Å²) >= 11 is 9.23. The van der Waals surface area contributed by atoms with Crippen LogP contribution < -0.4 is 5.32 Å². The number of aliphatic carboxylic acids is 1. The summed E-state index contributed by atoms with van der Waals surface area (Å²) in [6, 6.07) is 14.3. The van der Waals surface area contributed by atoms with Crippen molar-refractivity contribution in [2.24, 2.45) is 0 Å². The highest BCUT2D eigenvalue weighted by Gasteiger charge is 2.38. The fourth-order valence-electron chi connectivity index (χ4n) is 2.21. The van der Waals surface area contributed by atoms with Crippen molar-refractivity contribution < 1.29 is 9.90 Å². The number of nitrogens with one attached hydrogen (secondary N) is 1. The summed E-state index contributed by atoms with van der Waals surface area (Å²) in [5.74, 6) is -0.915. The van der Waals surface area contributed by atoms with Crippen molar-refractivity contribution in [3.8, 4) is 0 Å². The third-order valence-electron chi connectivity index (χ3n) is 3.43. The van der Waals surface area contributed by atoms with E-state index in [0.29, 0.717) is 22.7 Å². The van der Waals surface area contributed by atoms with E-state index in [1.54, 1.807) is 24.3 Å². The van der Waals surface area contributed by atoms with Crippen LogP contribution in [0.1, 0.15) is 18.9 Å². The first-order valence-electron chi connectivity index (χ1n) is 6.51. The Morgan fingerprint density at radius 2 is 1.76 bits per heavy atom. The summed E-state index contributed by atoms with van der Waals surface area (Å²) in [7, 11) is 0. The first-order valence-corrected chi connectivity index (χ1v) is 7.68. The number of hydrogen-bond donors (Lipinski definition) is 2. The number of anilines is 1. The van der Waals surface area contributed by atoms with Gasteiger partial charge in [-0.1, -0.05) is 46.6 Å². The van der Waals surface area contributed by atoms with Crippen molar-refractivity contribution >= 4 is 39.2 Å². The van der Waals surface area contributed by atoms with Crippen molar-refractivity contribution in [3.05, 3.63) is 63.6 Å². The molecule has 2 N–H and O–H groups in total. The molecule has 0 bridgehead atoms. The zero-order chi connectivity index (χ0) is 15.5. The van der Waals surface area contributed by atoms with Crippen LogP contribution in [0.2, 0.25) is 5.02 Å². The Hall–Kier alpha value is -1.52. The average molecular weight is 369 g/mol. The Bertz CT molecular complexity index is 628. The van der Waals surface area contributed by atoms with E-state index < -0.39 is 11.5 Å². The van der Waals surface area contributed by atoms with Crippen LogP contribution >= 0.6 is 27.5 Å². The van der Waals surface area contributed by atoms with Crippen LogP contribution in [0.5, 0.6) is 0 Å². The second-order valence-corrected chi connectivity index (χ2v) is 6.05. The molecule has 1 atom stereocenters. The molecule has 0 saturated heterocycles. The van der Waals surface area contributed by atoms with Gasteiger partial charge in [0.15, 0.2) is 5.54 Å². The molecule has 2 aromatic carbocycles. The largest absolute Gasteiger partial charge is 0.479 e. The van der Waals surface area contributed by atoms with Crippen LogP contribution in [0.15, 0.2) is 53.0 Å². The van der Waals surface area contributed by atoms with Gasteiger partial charge in [0.2, 0.25) is 0 Å². The fraction of sp³-hybridized carbons (Fsp3) is 0.188. The highest BCUT2D eigenvalue weighted by Crippen LogP contribution is 2.31. The van der Waals surface area contributed by atoms with E-state index in [1.165, 1.54) is 0 Å². The van der Waals surface area contributed by atoms with Crippen molar-refractivity contribution in [2.75, 3.05) is 5.32 Å². The predicted molar refractivity (Wildman–Crippen MR) is 88.8 cm³/mol. The zero-order valence-corrected chi connectivity index (χ0v) is 13.8. The molecule has 3 nitrogen and oxygen atoms in total. The van der Waals surface area contributed by atoms with Gasteiger partial charge in [0.1, 0.15) is 0 Å². The minimum Gasteiger partial charge on any atom is -0.479 e. The molecule has 0 fully saturated rings. The van der Waals surface area contributed by atoms with Crippen molar-refractivity contribution in [1.29, 1.82) is 0 Å². The second-order valence-electron chi connectivity index (χ2n) is 4.70. The molecule has 2 rings (SSSR count). The molecule has 2 aromatic rings. The van der Waals surface area contributed by atoms with Gasteiger partial charge >= 0.3 is 5.97 Å². The molecule has 0 saturated carbocycles. The molecule has 0 spiro atoms. The van der Waals surface area contributed by atoms with Gasteiger partial charge in [-0.2, -0.15) is 0 Å². The standard InChI is InChI=1S/C16H15BrClNO2/c1-2-16(15(20)21,11-3-5-12(17)6-4-11)19-14-9-7-13(18)8-10-14/h3-10,19H,2H2,1H3,(H,20,21). The number of benzene rings is 2. The highest BCUT2D eigenvalue weighted by atomic mass is 79.9. The van der Waals surface area contributed by atoms with Crippen LogP contribution in [0.25, 0.3) is 0 Å². The van der Waals surface area contributed by atoms with Crippen LogP contribution in [0.4, 0.5) is 5.69 Å². The molecule has 0 heterocycles. The molecule has 110 valence electrons. The van der Waals surface area contributed by atoms with Crippen molar-refractivity contribution in [2.45, 2.75) is 18.9 Å². The maximum absolute atomic E-state index is 11.9. The summed E-state index contributed by atoms with van der Waals surface area (Å²) in [5, 5.41) is 13.5. The molecular formula is C16H15BrClNO2.